The number of piperazine rings is 1. The quantitative estimate of drug-likeness (QED) is 0.541. The molecule has 2 atom stereocenters. The van der Waals surface area contributed by atoms with Crippen LogP contribution in [0.2, 0.25) is 5.02 Å². The maximum Gasteiger partial charge on any atom is 0.451 e. The van der Waals surface area contributed by atoms with Crippen LogP contribution >= 0.6 is 11.6 Å². The minimum Gasteiger partial charge on any atom is -0.353 e. The Morgan fingerprint density at radius 2 is 1.94 bits per heavy atom. The number of rotatable bonds is 3. The number of carbonyl (C=O) groups is 2. The Morgan fingerprint density at radius 1 is 1.29 bits per heavy atom. The van der Waals surface area contributed by atoms with Crippen LogP contribution in [0, 0.1) is 11.6 Å². The molecule has 2 heterocycles. The molecule has 0 radical (unpaired) electrons. The van der Waals surface area contributed by atoms with Crippen molar-refractivity contribution >= 4 is 23.5 Å². The van der Waals surface area contributed by atoms with Gasteiger partial charge in [-0.1, -0.05) is 17.7 Å². The van der Waals surface area contributed by atoms with Crippen molar-refractivity contribution in [3.05, 3.63) is 58.1 Å². The highest BCUT2D eigenvalue weighted by Crippen LogP contribution is 2.31. The Kier molecular flexibility index (Phi) is 6.30. The zero-order valence-corrected chi connectivity index (χ0v) is 16.6. The smallest absolute Gasteiger partial charge is 0.353 e. The second-order valence-corrected chi connectivity index (χ2v) is 7.02. The minimum atomic E-state index is -4.81. The van der Waals surface area contributed by atoms with Gasteiger partial charge in [0.15, 0.2) is 0 Å². The molecule has 0 saturated carbocycles. The first-order valence-corrected chi connectivity index (χ1v) is 9.26. The van der Waals surface area contributed by atoms with Crippen LogP contribution in [0.25, 0.3) is 0 Å². The van der Waals surface area contributed by atoms with Crippen LogP contribution in [0.15, 0.2) is 24.5 Å². The number of urea groups is 1. The number of amides is 3. The van der Waals surface area contributed by atoms with Crippen molar-refractivity contribution in [1.29, 1.82) is 0 Å². The summed E-state index contributed by atoms with van der Waals surface area (Å²) in [4.78, 5) is 32.2. The van der Waals surface area contributed by atoms with Crippen LogP contribution in [0.4, 0.5) is 26.7 Å². The second-order valence-electron chi connectivity index (χ2n) is 6.65. The van der Waals surface area contributed by atoms with Crippen LogP contribution < -0.4 is 10.6 Å². The molecule has 2 aromatic rings. The van der Waals surface area contributed by atoms with Gasteiger partial charge in [0.2, 0.25) is 11.7 Å². The zero-order chi connectivity index (χ0) is 22.9. The van der Waals surface area contributed by atoms with Crippen molar-refractivity contribution in [2.24, 2.45) is 0 Å². The number of benzene rings is 1. The van der Waals surface area contributed by atoms with E-state index in [4.69, 9.17) is 11.6 Å². The van der Waals surface area contributed by atoms with E-state index >= 15 is 0 Å². The van der Waals surface area contributed by atoms with E-state index in [0.717, 1.165) is 24.5 Å². The van der Waals surface area contributed by atoms with Crippen molar-refractivity contribution < 1.29 is 31.5 Å². The highest BCUT2D eigenvalue weighted by Gasteiger charge is 2.36. The lowest BCUT2D eigenvalue weighted by molar-refractivity contribution is -0.145. The normalized spacial score (nSPS) is 17.8. The van der Waals surface area contributed by atoms with Gasteiger partial charge in [-0.25, -0.2) is 23.5 Å². The maximum atomic E-state index is 14.7. The number of alkyl halides is 3. The molecule has 1 aromatic carbocycles. The van der Waals surface area contributed by atoms with Gasteiger partial charge in [-0.15, -0.1) is 0 Å². The molecule has 0 aliphatic carbocycles. The second kappa shape index (κ2) is 8.61. The van der Waals surface area contributed by atoms with E-state index in [-0.39, 0.29) is 24.2 Å². The average Bonchev–Trinajstić information content (AvgIpc) is 2.72. The molecule has 0 spiro atoms. The van der Waals surface area contributed by atoms with Crippen molar-refractivity contribution in [3.63, 3.8) is 0 Å². The summed E-state index contributed by atoms with van der Waals surface area (Å²) in [6, 6.07) is -1.22. The van der Waals surface area contributed by atoms with Gasteiger partial charge in [-0.3, -0.25) is 4.79 Å². The van der Waals surface area contributed by atoms with Crippen LogP contribution in [-0.2, 0) is 11.0 Å². The molecule has 1 fully saturated rings. The number of halogens is 6. The number of nitrogens with zero attached hydrogens (tertiary/aromatic N) is 3. The highest BCUT2D eigenvalue weighted by molar-refractivity contribution is 6.31. The average molecular weight is 464 g/mol. The summed E-state index contributed by atoms with van der Waals surface area (Å²) in [5, 5.41) is 4.16. The third-order valence-corrected chi connectivity index (χ3v) is 5.01. The van der Waals surface area contributed by atoms with Crippen molar-refractivity contribution in [2.45, 2.75) is 25.2 Å². The predicted octanol–water partition coefficient (Wildman–Crippen LogP) is 3.05. The minimum absolute atomic E-state index is 0.114. The Morgan fingerprint density at radius 3 is 2.55 bits per heavy atom. The molecule has 0 unspecified atom stereocenters. The SMILES string of the molecule is C[C@@H]1C(=O)NCCN1C(=O)N[C@@H](c1cnc(C(F)(F)F)nc1)c1ccc(F)c(Cl)c1F. The van der Waals surface area contributed by atoms with E-state index in [2.05, 4.69) is 20.6 Å². The molecule has 1 saturated heterocycles. The Hall–Kier alpha value is -3.02. The molecule has 13 heteroatoms. The van der Waals surface area contributed by atoms with Crippen molar-refractivity contribution in [2.75, 3.05) is 13.1 Å². The Labute approximate surface area is 177 Å². The van der Waals surface area contributed by atoms with Gasteiger partial charge < -0.3 is 15.5 Å². The van der Waals surface area contributed by atoms with Gasteiger partial charge >= 0.3 is 12.2 Å². The molecule has 2 N–H and O–H groups in total. The lowest BCUT2D eigenvalue weighted by atomic mass is 10.0. The molecule has 1 aliphatic heterocycles. The van der Waals surface area contributed by atoms with Gasteiger partial charge in [-0.05, 0) is 13.0 Å². The molecule has 0 bridgehead atoms. The van der Waals surface area contributed by atoms with Gasteiger partial charge in [-0.2, -0.15) is 13.2 Å². The van der Waals surface area contributed by atoms with Gasteiger partial charge in [0, 0.05) is 36.6 Å². The summed E-state index contributed by atoms with van der Waals surface area (Å²) < 4.78 is 66.6. The van der Waals surface area contributed by atoms with Gasteiger partial charge in [0.05, 0.1) is 6.04 Å². The number of carbonyl (C=O) groups excluding carboxylic acids is 2. The largest absolute Gasteiger partial charge is 0.451 e. The Balaban J connectivity index is 2.00. The molecule has 7 nitrogen and oxygen atoms in total. The number of hydrogen-bond acceptors (Lipinski definition) is 4. The van der Waals surface area contributed by atoms with Crippen molar-refractivity contribution in [3.8, 4) is 0 Å². The lowest BCUT2D eigenvalue weighted by Crippen LogP contribution is -2.58. The van der Waals surface area contributed by atoms with E-state index < -0.39 is 52.7 Å². The number of nitrogens with one attached hydrogen (secondary N) is 2. The van der Waals surface area contributed by atoms with Crippen LogP contribution in [0.3, 0.4) is 0 Å². The highest BCUT2D eigenvalue weighted by atomic mass is 35.5. The summed E-state index contributed by atoms with van der Waals surface area (Å²) in [7, 11) is 0. The number of hydrogen-bond donors (Lipinski definition) is 2. The molecule has 1 aliphatic rings. The fourth-order valence-electron chi connectivity index (χ4n) is 3.00. The monoisotopic (exact) mass is 463 g/mol. The first-order valence-electron chi connectivity index (χ1n) is 8.88. The van der Waals surface area contributed by atoms with E-state index in [9.17, 15) is 31.5 Å². The third-order valence-electron chi connectivity index (χ3n) is 4.66. The van der Waals surface area contributed by atoms with E-state index in [1.807, 2.05) is 0 Å². The Bertz CT molecular complexity index is 1000. The van der Waals surface area contributed by atoms with Crippen LogP contribution in [0.1, 0.15) is 29.9 Å². The molecule has 166 valence electrons. The summed E-state index contributed by atoms with van der Waals surface area (Å²) in [5.41, 5.74) is -0.436. The number of aromatic nitrogens is 2. The summed E-state index contributed by atoms with van der Waals surface area (Å²) in [6.45, 7) is 1.79. The molecule has 1 aromatic heterocycles. The van der Waals surface area contributed by atoms with Crippen LogP contribution in [-0.4, -0.2) is 45.9 Å². The van der Waals surface area contributed by atoms with Crippen LogP contribution in [0.5, 0.6) is 0 Å². The fraction of sp³-hybridized carbons (Fsp3) is 0.333. The van der Waals surface area contributed by atoms with Gasteiger partial charge in [0.25, 0.3) is 0 Å². The standard InChI is InChI=1S/C18H15ClF5N5O2/c1-8-15(30)25-4-5-29(8)17(31)28-14(10-2-3-11(20)12(19)13(10)21)9-6-26-16(27-7-9)18(22,23)24/h2-3,6-8,14H,4-5H2,1H3,(H,25,30)(H,28,31)/t8-,14+/m1/s1. The molecular formula is C18H15ClF5N5O2. The first-order chi connectivity index (χ1) is 14.5. The third kappa shape index (κ3) is 4.68. The van der Waals surface area contributed by atoms with E-state index in [1.165, 1.54) is 11.8 Å². The maximum absolute atomic E-state index is 14.7. The van der Waals surface area contributed by atoms with Crippen molar-refractivity contribution in [1.82, 2.24) is 25.5 Å². The first kappa shape index (κ1) is 22.7. The van der Waals surface area contributed by atoms with E-state index in [0.29, 0.717) is 0 Å². The molecular weight excluding hydrogens is 449 g/mol. The summed E-state index contributed by atoms with van der Waals surface area (Å²) in [5.74, 6) is -4.11. The predicted molar refractivity (Wildman–Crippen MR) is 98.0 cm³/mol. The molecule has 3 rings (SSSR count). The fourth-order valence-corrected chi connectivity index (χ4v) is 3.18. The lowest BCUT2D eigenvalue weighted by Gasteiger charge is -2.34. The van der Waals surface area contributed by atoms with Gasteiger partial charge in [0.1, 0.15) is 22.7 Å². The molecule has 31 heavy (non-hydrogen) atoms. The van der Waals surface area contributed by atoms with E-state index in [1.54, 1.807) is 0 Å². The topological polar surface area (TPSA) is 87.2 Å². The summed E-state index contributed by atoms with van der Waals surface area (Å²) >= 11 is 5.62. The summed E-state index contributed by atoms with van der Waals surface area (Å²) in [6.07, 6.45) is -3.27. The zero-order valence-electron chi connectivity index (χ0n) is 15.8. The molecule has 3 amide bonds.